The molecule has 1 fully saturated rings. The Labute approximate surface area is 213 Å². The Morgan fingerprint density at radius 3 is 2.81 bits per heavy atom. The number of nitrogens with one attached hydrogen (secondary N) is 1. The lowest BCUT2D eigenvalue weighted by atomic mass is 9.91. The van der Waals surface area contributed by atoms with Crippen molar-refractivity contribution in [1.82, 2.24) is 24.6 Å². The fourth-order valence-corrected chi connectivity index (χ4v) is 4.64. The van der Waals surface area contributed by atoms with Crippen molar-refractivity contribution in [2.75, 3.05) is 18.5 Å². The summed E-state index contributed by atoms with van der Waals surface area (Å²) in [6.45, 7) is 3.32. The maximum atomic E-state index is 12.8. The summed E-state index contributed by atoms with van der Waals surface area (Å²) in [7, 11) is 0. The molecule has 1 aliphatic heterocycles. The third-order valence-corrected chi connectivity index (χ3v) is 6.67. The Morgan fingerprint density at radius 1 is 1.05 bits per heavy atom. The average molecular weight is 495 g/mol. The number of pyridine rings is 1. The molecule has 6 rings (SSSR count). The summed E-state index contributed by atoms with van der Waals surface area (Å²) in [4.78, 5) is 25.9. The van der Waals surface area contributed by atoms with Gasteiger partial charge < -0.3 is 14.8 Å². The van der Waals surface area contributed by atoms with Crippen LogP contribution >= 0.6 is 0 Å². The highest BCUT2D eigenvalue weighted by molar-refractivity contribution is 5.92. The maximum absolute atomic E-state index is 12.8. The van der Waals surface area contributed by atoms with Crippen molar-refractivity contribution in [3.05, 3.63) is 78.5 Å². The zero-order valence-electron chi connectivity index (χ0n) is 20.4. The number of carbonyl (C=O) groups excluding carboxylic acids is 1. The number of nitrogens with zero attached hydrogens (tertiary/aromatic N) is 5. The number of carbonyl (C=O) groups is 1. The van der Waals surface area contributed by atoms with E-state index in [9.17, 15) is 4.79 Å². The SMILES string of the molecule is Cc1cc(Nc2ncnc3ccc(CC(=O)C4CCOCC4)cc23)ccc1Oc1ccn2ncnc2c1. The van der Waals surface area contributed by atoms with Crippen molar-refractivity contribution in [3.63, 3.8) is 0 Å². The number of benzene rings is 2. The van der Waals surface area contributed by atoms with Crippen molar-refractivity contribution >= 4 is 33.8 Å². The van der Waals surface area contributed by atoms with Gasteiger partial charge in [0.15, 0.2) is 5.65 Å². The van der Waals surface area contributed by atoms with Crippen LogP contribution < -0.4 is 10.1 Å². The number of aromatic nitrogens is 5. The van der Waals surface area contributed by atoms with Crippen LogP contribution in [0.2, 0.25) is 0 Å². The van der Waals surface area contributed by atoms with Crippen LogP contribution in [0.1, 0.15) is 24.0 Å². The van der Waals surface area contributed by atoms with Crippen LogP contribution in [0.3, 0.4) is 0 Å². The first-order chi connectivity index (χ1) is 18.1. The fraction of sp³-hybridized carbons (Fsp3) is 0.250. The molecule has 0 spiro atoms. The molecular weight excluding hydrogens is 468 g/mol. The van der Waals surface area contributed by atoms with E-state index in [0.29, 0.717) is 31.2 Å². The minimum Gasteiger partial charge on any atom is -0.457 e. The number of Topliss-reactive ketones (excluding diaryl/α,β-unsaturated/α-hetero) is 1. The number of ketones is 1. The molecule has 9 heteroatoms. The second-order valence-corrected chi connectivity index (χ2v) is 9.24. The Bertz CT molecular complexity index is 1590. The predicted octanol–water partition coefficient (Wildman–Crippen LogP) is 5.06. The van der Waals surface area contributed by atoms with Crippen LogP contribution in [0.25, 0.3) is 16.6 Å². The van der Waals surface area contributed by atoms with Gasteiger partial charge in [-0.25, -0.2) is 19.5 Å². The number of ether oxygens (including phenoxy) is 2. The van der Waals surface area contributed by atoms with Crippen molar-refractivity contribution in [2.24, 2.45) is 5.92 Å². The third-order valence-electron chi connectivity index (χ3n) is 6.67. The molecule has 1 saturated heterocycles. The topological polar surface area (TPSA) is 104 Å². The van der Waals surface area contributed by atoms with Gasteiger partial charge in [0.25, 0.3) is 0 Å². The molecular formula is C28H26N6O3. The molecule has 0 bridgehead atoms. The van der Waals surface area contributed by atoms with Gasteiger partial charge in [0.05, 0.1) is 5.52 Å². The Morgan fingerprint density at radius 2 is 1.95 bits per heavy atom. The molecule has 3 aromatic heterocycles. The Hall–Kier alpha value is -4.37. The number of aryl methyl sites for hydroxylation is 1. The van der Waals surface area contributed by atoms with Crippen LogP contribution in [0.15, 0.2) is 67.4 Å². The highest BCUT2D eigenvalue weighted by Crippen LogP contribution is 2.30. The summed E-state index contributed by atoms with van der Waals surface area (Å²) in [5, 5.41) is 8.40. The van der Waals surface area contributed by atoms with Gasteiger partial charge in [0, 0.05) is 48.9 Å². The lowest BCUT2D eigenvalue weighted by Gasteiger charge is -2.20. The molecule has 0 radical (unpaired) electrons. The second-order valence-electron chi connectivity index (χ2n) is 9.24. The van der Waals surface area contributed by atoms with E-state index in [1.807, 2.05) is 61.7 Å². The molecule has 37 heavy (non-hydrogen) atoms. The zero-order chi connectivity index (χ0) is 25.2. The molecule has 0 saturated carbocycles. The van der Waals surface area contributed by atoms with E-state index in [0.717, 1.165) is 52.0 Å². The van der Waals surface area contributed by atoms with Crippen LogP contribution in [-0.4, -0.2) is 43.6 Å². The summed E-state index contributed by atoms with van der Waals surface area (Å²) in [5.74, 6) is 2.47. The number of rotatable bonds is 7. The summed E-state index contributed by atoms with van der Waals surface area (Å²) >= 11 is 0. The highest BCUT2D eigenvalue weighted by Gasteiger charge is 2.21. The summed E-state index contributed by atoms with van der Waals surface area (Å²) in [6.07, 6.45) is 6.87. The molecule has 9 nitrogen and oxygen atoms in total. The summed E-state index contributed by atoms with van der Waals surface area (Å²) in [5.41, 5.74) is 4.35. The van der Waals surface area contributed by atoms with Crippen molar-refractivity contribution in [1.29, 1.82) is 0 Å². The zero-order valence-corrected chi connectivity index (χ0v) is 20.4. The van der Waals surface area contributed by atoms with E-state index in [1.165, 1.54) is 6.33 Å². The van der Waals surface area contributed by atoms with Gasteiger partial charge in [-0.2, -0.15) is 5.10 Å². The number of anilines is 2. The minimum atomic E-state index is 0.0797. The first kappa shape index (κ1) is 23.1. The van der Waals surface area contributed by atoms with Crippen LogP contribution in [-0.2, 0) is 16.0 Å². The van der Waals surface area contributed by atoms with E-state index >= 15 is 0 Å². The number of fused-ring (bicyclic) bond motifs is 2. The summed E-state index contributed by atoms with van der Waals surface area (Å²) in [6, 6.07) is 15.5. The summed E-state index contributed by atoms with van der Waals surface area (Å²) < 4.78 is 13.2. The Balaban J connectivity index is 1.21. The fourth-order valence-electron chi connectivity index (χ4n) is 4.64. The smallest absolute Gasteiger partial charge is 0.158 e. The molecule has 2 aromatic carbocycles. The predicted molar refractivity (Wildman–Crippen MR) is 139 cm³/mol. The monoisotopic (exact) mass is 494 g/mol. The van der Waals surface area contributed by atoms with Gasteiger partial charge in [-0.15, -0.1) is 0 Å². The van der Waals surface area contributed by atoms with Gasteiger partial charge in [-0.3, -0.25) is 4.79 Å². The van der Waals surface area contributed by atoms with Gasteiger partial charge in [-0.05, 0) is 67.3 Å². The van der Waals surface area contributed by atoms with Crippen LogP contribution in [0, 0.1) is 12.8 Å². The molecule has 5 aromatic rings. The van der Waals surface area contributed by atoms with Crippen LogP contribution in [0.4, 0.5) is 11.5 Å². The van der Waals surface area contributed by atoms with Crippen molar-refractivity contribution in [2.45, 2.75) is 26.2 Å². The lowest BCUT2D eigenvalue weighted by Crippen LogP contribution is -2.24. The van der Waals surface area contributed by atoms with Crippen LogP contribution in [0.5, 0.6) is 11.5 Å². The standard InChI is InChI=1S/C28H26N6O3/c1-18-12-21(3-5-26(18)37-22-6-9-34-27(15-22)30-17-32-34)33-28-23-13-19(2-4-24(23)29-16-31-28)14-25(35)20-7-10-36-11-8-20/h2-6,9,12-13,15-17,20H,7-8,10-11,14H2,1H3,(H,29,31,33). The highest BCUT2D eigenvalue weighted by atomic mass is 16.5. The lowest BCUT2D eigenvalue weighted by molar-refractivity contribution is -0.125. The van der Waals surface area contributed by atoms with Gasteiger partial charge in [0.2, 0.25) is 0 Å². The van der Waals surface area contributed by atoms with E-state index in [4.69, 9.17) is 9.47 Å². The maximum Gasteiger partial charge on any atom is 0.158 e. The third kappa shape index (κ3) is 4.99. The average Bonchev–Trinajstić information content (AvgIpc) is 3.39. The van der Waals surface area contributed by atoms with E-state index in [2.05, 4.69) is 25.4 Å². The molecule has 1 N–H and O–H groups in total. The number of hydrogen-bond donors (Lipinski definition) is 1. The normalized spacial score (nSPS) is 14.2. The molecule has 0 amide bonds. The molecule has 4 heterocycles. The van der Waals surface area contributed by atoms with E-state index < -0.39 is 0 Å². The number of hydrogen-bond acceptors (Lipinski definition) is 8. The molecule has 0 unspecified atom stereocenters. The first-order valence-corrected chi connectivity index (χ1v) is 12.3. The van der Waals surface area contributed by atoms with Crippen molar-refractivity contribution in [3.8, 4) is 11.5 Å². The molecule has 0 aliphatic carbocycles. The van der Waals surface area contributed by atoms with Gasteiger partial charge in [0.1, 0.15) is 35.8 Å². The van der Waals surface area contributed by atoms with Gasteiger partial charge in [-0.1, -0.05) is 6.07 Å². The van der Waals surface area contributed by atoms with Gasteiger partial charge >= 0.3 is 0 Å². The van der Waals surface area contributed by atoms with Crippen molar-refractivity contribution < 1.29 is 14.3 Å². The minimum absolute atomic E-state index is 0.0797. The largest absolute Gasteiger partial charge is 0.457 e. The first-order valence-electron chi connectivity index (χ1n) is 12.3. The second kappa shape index (κ2) is 9.94. The molecule has 186 valence electrons. The quantitative estimate of drug-likeness (QED) is 0.335. The Kier molecular flexibility index (Phi) is 6.20. The molecule has 1 aliphatic rings. The van der Waals surface area contributed by atoms with E-state index in [1.54, 1.807) is 10.8 Å². The van der Waals surface area contributed by atoms with E-state index in [-0.39, 0.29) is 11.7 Å². The molecule has 0 atom stereocenters.